The minimum absolute atomic E-state index is 0.145. The number of hydrogen-bond donors (Lipinski definition) is 0. The smallest absolute Gasteiger partial charge is 0.361 e. The minimum Gasteiger partial charge on any atom is -0.458 e. The highest BCUT2D eigenvalue weighted by Crippen LogP contribution is 2.15. The zero-order valence-electron chi connectivity index (χ0n) is 12.1. The number of nitrogens with zero attached hydrogens (tertiary/aromatic N) is 1. The maximum Gasteiger partial charge on any atom is 0.361 e. The van der Waals surface area contributed by atoms with Crippen LogP contribution in [0.15, 0.2) is 29.4 Å². The van der Waals surface area contributed by atoms with Crippen molar-refractivity contribution in [1.29, 1.82) is 0 Å². The molecule has 1 rings (SSSR count). The molecule has 1 atom stereocenters. The van der Waals surface area contributed by atoms with Crippen molar-refractivity contribution in [3.8, 4) is 0 Å². The van der Waals surface area contributed by atoms with Crippen LogP contribution in [0.1, 0.15) is 37.8 Å². The molecule has 0 fully saturated rings. The van der Waals surface area contributed by atoms with Crippen molar-refractivity contribution in [1.82, 2.24) is 0 Å². The monoisotopic (exact) mass is 297 g/mol. The molecule has 1 aromatic rings. The van der Waals surface area contributed by atoms with E-state index in [-0.39, 0.29) is 17.7 Å². The quantitative estimate of drug-likeness (QED) is 0.335. The molecule has 0 aliphatic rings. The second-order valence-electron chi connectivity index (χ2n) is 4.42. The summed E-state index contributed by atoms with van der Waals surface area (Å²) in [6.07, 6.45) is 1.60. The Bertz CT molecular complexity index is 474. The van der Waals surface area contributed by atoms with E-state index in [0.29, 0.717) is 5.56 Å². The molecule has 0 aliphatic heterocycles. The van der Waals surface area contributed by atoms with Crippen LogP contribution in [0, 0.1) is 0 Å². The molecule has 0 aromatic heterocycles. The van der Waals surface area contributed by atoms with Crippen molar-refractivity contribution in [3.63, 3.8) is 0 Å². The lowest BCUT2D eigenvalue weighted by molar-refractivity contribution is -0.140. The number of rotatable bonds is 7. The van der Waals surface area contributed by atoms with Gasteiger partial charge in [0.05, 0.1) is 6.10 Å². The molecular weight excluding hydrogens is 278 g/mol. The molecule has 1 aromatic carbocycles. The van der Waals surface area contributed by atoms with E-state index in [1.807, 2.05) is 32.0 Å². The summed E-state index contributed by atoms with van der Waals surface area (Å²) in [7, 11) is 1.39. The number of alkyl halides is 1. The van der Waals surface area contributed by atoms with Gasteiger partial charge >= 0.3 is 5.97 Å². The third kappa shape index (κ3) is 4.53. The predicted molar refractivity (Wildman–Crippen MR) is 80.0 cm³/mol. The lowest BCUT2D eigenvalue weighted by atomic mass is 10.0. The number of benzene rings is 1. The molecule has 20 heavy (non-hydrogen) atoms. The highest BCUT2D eigenvalue weighted by Gasteiger charge is 2.21. The lowest BCUT2D eigenvalue weighted by Gasteiger charge is -2.14. The standard InChI is InChI=1S/C15H20ClNO3/c1-4-7-11(2)20-15(18)14(17-19-3)13-9-6-5-8-12(13)10-16/h5-6,8-9,11H,4,7,10H2,1-3H3. The summed E-state index contributed by atoms with van der Waals surface area (Å²) in [6.45, 7) is 3.90. The minimum atomic E-state index is -0.495. The number of ether oxygens (including phenoxy) is 1. The zero-order valence-corrected chi connectivity index (χ0v) is 12.8. The Hall–Kier alpha value is -1.55. The van der Waals surface area contributed by atoms with Crippen LogP contribution < -0.4 is 0 Å². The highest BCUT2D eigenvalue weighted by molar-refractivity contribution is 6.43. The van der Waals surface area contributed by atoms with Crippen molar-refractivity contribution >= 4 is 23.3 Å². The van der Waals surface area contributed by atoms with Gasteiger partial charge in [-0.2, -0.15) is 0 Å². The van der Waals surface area contributed by atoms with Gasteiger partial charge in [0.1, 0.15) is 7.11 Å². The summed E-state index contributed by atoms with van der Waals surface area (Å²) in [5.74, 6) is -0.207. The van der Waals surface area contributed by atoms with E-state index in [1.165, 1.54) is 7.11 Å². The number of halogens is 1. The summed E-state index contributed by atoms with van der Waals surface area (Å²) in [5, 5.41) is 3.80. The van der Waals surface area contributed by atoms with Crippen LogP contribution in [0.4, 0.5) is 0 Å². The maximum atomic E-state index is 12.2. The number of oxime groups is 1. The fourth-order valence-corrected chi connectivity index (χ4v) is 2.09. The average molecular weight is 298 g/mol. The van der Waals surface area contributed by atoms with E-state index in [1.54, 1.807) is 6.07 Å². The summed E-state index contributed by atoms with van der Waals surface area (Å²) in [4.78, 5) is 17.0. The number of esters is 1. The number of carbonyl (C=O) groups is 1. The van der Waals surface area contributed by atoms with Gasteiger partial charge in [-0.05, 0) is 18.9 Å². The lowest BCUT2D eigenvalue weighted by Crippen LogP contribution is -2.24. The fourth-order valence-electron chi connectivity index (χ4n) is 1.86. The molecular formula is C15H20ClNO3. The molecule has 0 heterocycles. The second kappa shape index (κ2) is 8.59. The molecule has 0 N–H and O–H groups in total. The normalized spacial score (nSPS) is 12.9. The summed E-state index contributed by atoms with van der Waals surface area (Å²) in [6, 6.07) is 7.30. The molecule has 1 unspecified atom stereocenters. The molecule has 0 saturated heterocycles. The van der Waals surface area contributed by atoms with Crippen molar-refractivity contribution in [2.45, 2.75) is 38.7 Å². The molecule has 5 heteroatoms. The average Bonchev–Trinajstić information content (AvgIpc) is 2.44. The largest absolute Gasteiger partial charge is 0.458 e. The van der Waals surface area contributed by atoms with Crippen LogP contribution in [0.3, 0.4) is 0 Å². The van der Waals surface area contributed by atoms with Crippen molar-refractivity contribution in [2.24, 2.45) is 5.16 Å². The van der Waals surface area contributed by atoms with Crippen LogP contribution in [-0.2, 0) is 20.2 Å². The number of hydrogen-bond acceptors (Lipinski definition) is 4. The zero-order chi connectivity index (χ0) is 15.0. The third-order valence-electron chi connectivity index (χ3n) is 2.80. The van der Waals surface area contributed by atoms with Gasteiger partial charge in [0.25, 0.3) is 0 Å². The molecule has 110 valence electrons. The maximum absolute atomic E-state index is 12.2. The van der Waals surface area contributed by atoms with Crippen LogP contribution in [0.5, 0.6) is 0 Å². The summed E-state index contributed by atoms with van der Waals surface area (Å²) >= 11 is 5.89. The first-order valence-corrected chi connectivity index (χ1v) is 7.13. The van der Waals surface area contributed by atoms with Gasteiger partial charge in [-0.25, -0.2) is 4.79 Å². The molecule has 0 aliphatic carbocycles. The van der Waals surface area contributed by atoms with Gasteiger partial charge in [-0.15, -0.1) is 11.6 Å². The van der Waals surface area contributed by atoms with E-state index < -0.39 is 5.97 Å². The molecule has 0 radical (unpaired) electrons. The molecule has 0 amide bonds. The van der Waals surface area contributed by atoms with Crippen LogP contribution in [0.25, 0.3) is 0 Å². The van der Waals surface area contributed by atoms with Crippen LogP contribution in [-0.4, -0.2) is 24.9 Å². The third-order valence-corrected chi connectivity index (χ3v) is 3.08. The first-order valence-electron chi connectivity index (χ1n) is 6.60. The van der Waals surface area contributed by atoms with Crippen molar-refractivity contribution in [2.75, 3.05) is 7.11 Å². The molecule has 0 bridgehead atoms. The van der Waals surface area contributed by atoms with E-state index in [4.69, 9.17) is 21.2 Å². The predicted octanol–water partition coefficient (Wildman–Crippen LogP) is 3.51. The van der Waals surface area contributed by atoms with Crippen molar-refractivity contribution in [3.05, 3.63) is 35.4 Å². The first-order chi connectivity index (χ1) is 9.63. The van der Waals surface area contributed by atoms with E-state index in [0.717, 1.165) is 18.4 Å². The Morgan fingerprint density at radius 3 is 2.70 bits per heavy atom. The Labute approximate surface area is 124 Å². The van der Waals surface area contributed by atoms with Gasteiger partial charge in [0, 0.05) is 11.4 Å². The van der Waals surface area contributed by atoms with Gasteiger partial charge in [0.2, 0.25) is 0 Å². The first kappa shape index (κ1) is 16.5. The fraction of sp³-hybridized carbons (Fsp3) is 0.467. The summed E-state index contributed by atoms with van der Waals surface area (Å²) in [5.41, 5.74) is 1.59. The van der Waals surface area contributed by atoms with Gasteiger partial charge in [0.15, 0.2) is 5.71 Å². The topological polar surface area (TPSA) is 47.9 Å². The molecule has 0 saturated carbocycles. The van der Waals surface area contributed by atoms with Gasteiger partial charge in [-0.1, -0.05) is 42.8 Å². The van der Waals surface area contributed by atoms with Crippen molar-refractivity contribution < 1.29 is 14.4 Å². The second-order valence-corrected chi connectivity index (χ2v) is 4.69. The molecule has 4 nitrogen and oxygen atoms in total. The van der Waals surface area contributed by atoms with E-state index in [2.05, 4.69) is 5.16 Å². The van der Waals surface area contributed by atoms with Gasteiger partial charge in [-0.3, -0.25) is 0 Å². The SMILES string of the molecule is CCCC(C)OC(=O)C(=NOC)c1ccccc1CCl. The van der Waals surface area contributed by atoms with E-state index in [9.17, 15) is 4.79 Å². The Morgan fingerprint density at radius 1 is 1.40 bits per heavy atom. The molecule has 0 spiro atoms. The Balaban J connectivity index is 3.00. The highest BCUT2D eigenvalue weighted by atomic mass is 35.5. The van der Waals surface area contributed by atoms with E-state index >= 15 is 0 Å². The van der Waals surface area contributed by atoms with Crippen LogP contribution >= 0.6 is 11.6 Å². The van der Waals surface area contributed by atoms with Crippen LogP contribution in [0.2, 0.25) is 0 Å². The Kier molecular flexibility index (Phi) is 7.09. The summed E-state index contributed by atoms with van der Waals surface area (Å²) < 4.78 is 5.37. The number of carbonyl (C=O) groups excluding carboxylic acids is 1. The van der Waals surface area contributed by atoms with Gasteiger partial charge < -0.3 is 9.57 Å². The Morgan fingerprint density at radius 2 is 2.10 bits per heavy atom.